The lowest BCUT2D eigenvalue weighted by Gasteiger charge is -2.45. The van der Waals surface area contributed by atoms with Crippen LogP contribution in [-0.4, -0.2) is 86.8 Å². The van der Waals surface area contributed by atoms with Gasteiger partial charge in [0.1, 0.15) is 36.6 Å². The second kappa shape index (κ2) is 6.43. The molecule has 0 amide bonds. The molecule has 10 atom stereocenters. The molecule has 0 spiro atoms. The summed E-state index contributed by atoms with van der Waals surface area (Å²) >= 11 is 0. The molecule has 0 bridgehead atoms. The zero-order valence-electron chi connectivity index (χ0n) is 12.2. The summed E-state index contributed by atoms with van der Waals surface area (Å²) in [7, 11) is 0. The molecule has 0 aromatic carbocycles. The van der Waals surface area contributed by atoms with Gasteiger partial charge in [0, 0.05) is 0 Å². The Morgan fingerprint density at radius 2 is 1.10 bits per heavy atom. The summed E-state index contributed by atoms with van der Waals surface area (Å²) in [5.74, 6) is 0. The average molecular weight is 308 g/mol. The van der Waals surface area contributed by atoms with Gasteiger partial charge in [0.2, 0.25) is 0 Å². The first-order valence-electron chi connectivity index (χ1n) is 7.10. The maximum Gasteiger partial charge on any atom is 0.187 e. The van der Waals surface area contributed by atoms with Crippen molar-refractivity contribution in [3.8, 4) is 0 Å². The topological polar surface area (TPSA) is 129 Å². The highest BCUT2D eigenvalue weighted by Crippen LogP contribution is 2.28. The SMILES string of the molecule is CC1OC(C)[C@H](O)[C@H](OC2OC(C)[C@H](O)[C@H](O)[C@@H]2O)[C@@H]1O. The van der Waals surface area contributed by atoms with Crippen LogP contribution in [-0.2, 0) is 14.2 Å². The lowest BCUT2D eigenvalue weighted by atomic mass is 9.95. The summed E-state index contributed by atoms with van der Waals surface area (Å²) in [6, 6.07) is 0. The molecule has 2 saturated heterocycles. The molecule has 2 aliphatic heterocycles. The number of rotatable bonds is 2. The Bertz CT molecular complexity index is 339. The number of hydrogen-bond acceptors (Lipinski definition) is 8. The van der Waals surface area contributed by atoms with Crippen LogP contribution in [0.5, 0.6) is 0 Å². The van der Waals surface area contributed by atoms with Crippen LogP contribution in [0, 0.1) is 0 Å². The van der Waals surface area contributed by atoms with Crippen LogP contribution in [0.4, 0.5) is 0 Å². The smallest absolute Gasteiger partial charge is 0.187 e. The lowest BCUT2D eigenvalue weighted by Crippen LogP contribution is -2.62. The van der Waals surface area contributed by atoms with Gasteiger partial charge in [-0.3, -0.25) is 0 Å². The molecule has 0 aromatic heterocycles. The Morgan fingerprint density at radius 1 is 0.619 bits per heavy atom. The van der Waals surface area contributed by atoms with Gasteiger partial charge in [-0.05, 0) is 20.8 Å². The average Bonchev–Trinajstić information content (AvgIpc) is 2.44. The van der Waals surface area contributed by atoms with E-state index >= 15 is 0 Å². The van der Waals surface area contributed by atoms with Crippen LogP contribution in [0.1, 0.15) is 20.8 Å². The molecule has 2 rings (SSSR count). The van der Waals surface area contributed by atoms with E-state index in [9.17, 15) is 25.5 Å². The molecule has 4 unspecified atom stereocenters. The first-order chi connectivity index (χ1) is 9.73. The molecular weight excluding hydrogens is 284 g/mol. The zero-order chi connectivity index (χ0) is 15.9. The van der Waals surface area contributed by atoms with Gasteiger partial charge in [-0.1, -0.05) is 0 Å². The van der Waals surface area contributed by atoms with Gasteiger partial charge in [-0.25, -0.2) is 0 Å². The van der Waals surface area contributed by atoms with Gasteiger partial charge in [-0.15, -0.1) is 0 Å². The van der Waals surface area contributed by atoms with Crippen molar-refractivity contribution in [2.45, 2.75) is 82.0 Å². The van der Waals surface area contributed by atoms with Crippen LogP contribution in [0.15, 0.2) is 0 Å². The van der Waals surface area contributed by atoms with E-state index in [0.717, 1.165) is 0 Å². The standard InChI is InChI=1S/C13H24O8/c1-4-7(14)10(17)11(18)13(20-4)21-12-8(15)5(2)19-6(3)9(12)16/h4-18H,1-3H3/t4?,5?,6?,7-,8-,9+,10-,11-,12-,13?/m0/s1. The molecule has 8 nitrogen and oxygen atoms in total. The second-order valence-electron chi connectivity index (χ2n) is 5.81. The predicted molar refractivity (Wildman–Crippen MR) is 69.3 cm³/mol. The molecule has 2 heterocycles. The third-order valence-corrected chi connectivity index (χ3v) is 4.16. The van der Waals surface area contributed by atoms with Crippen LogP contribution >= 0.6 is 0 Å². The van der Waals surface area contributed by atoms with Crippen molar-refractivity contribution in [2.75, 3.05) is 0 Å². The number of aliphatic hydroxyl groups excluding tert-OH is 5. The Morgan fingerprint density at radius 3 is 1.62 bits per heavy atom. The zero-order valence-corrected chi connectivity index (χ0v) is 12.2. The third-order valence-electron chi connectivity index (χ3n) is 4.16. The minimum atomic E-state index is -1.48. The normalized spacial score (nSPS) is 55.4. The molecule has 124 valence electrons. The highest BCUT2D eigenvalue weighted by Gasteiger charge is 2.48. The van der Waals surface area contributed by atoms with Crippen molar-refractivity contribution < 1.29 is 39.7 Å². The first kappa shape index (κ1) is 17.0. The fraction of sp³-hybridized carbons (Fsp3) is 1.00. The minimum absolute atomic E-state index is 0.554. The number of hydrogen-bond donors (Lipinski definition) is 5. The quantitative estimate of drug-likeness (QED) is 0.386. The fourth-order valence-electron chi connectivity index (χ4n) is 2.68. The van der Waals surface area contributed by atoms with Crippen LogP contribution < -0.4 is 0 Å². The maximum atomic E-state index is 10.1. The van der Waals surface area contributed by atoms with E-state index in [1.165, 1.54) is 6.92 Å². The van der Waals surface area contributed by atoms with E-state index in [2.05, 4.69) is 0 Å². The number of ether oxygens (including phenoxy) is 3. The highest BCUT2D eigenvalue weighted by molar-refractivity contribution is 4.93. The Kier molecular flexibility index (Phi) is 5.22. The third kappa shape index (κ3) is 3.22. The van der Waals surface area contributed by atoms with Crippen molar-refractivity contribution in [1.82, 2.24) is 0 Å². The van der Waals surface area contributed by atoms with Crippen molar-refractivity contribution in [1.29, 1.82) is 0 Å². The van der Waals surface area contributed by atoms with Gasteiger partial charge in [0.05, 0.1) is 18.3 Å². The van der Waals surface area contributed by atoms with Crippen LogP contribution in [0.2, 0.25) is 0 Å². The molecule has 0 aliphatic carbocycles. The predicted octanol–water partition coefficient (Wildman–Crippen LogP) is -2.27. The molecule has 2 fully saturated rings. The molecule has 5 N–H and O–H groups in total. The monoisotopic (exact) mass is 308 g/mol. The van der Waals surface area contributed by atoms with Crippen molar-refractivity contribution in [3.63, 3.8) is 0 Å². The summed E-state index contributed by atoms with van der Waals surface area (Å²) in [6.07, 6.45) is -10.5. The second-order valence-corrected chi connectivity index (χ2v) is 5.81. The summed E-state index contributed by atoms with van der Waals surface area (Å²) in [5.41, 5.74) is 0. The van der Waals surface area contributed by atoms with E-state index in [1.54, 1.807) is 13.8 Å². The van der Waals surface area contributed by atoms with Crippen molar-refractivity contribution in [3.05, 3.63) is 0 Å². The molecular formula is C13H24O8. The Hall–Kier alpha value is -0.320. The molecule has 2 aliphatic rings. The van der Waals surface area contributed by atoms with Gasteiger partial charge in [0.25, 0.3) is 0 Å². The molecule has 0 saturated carbocycles. The van der Waals surface area contributed by atoms with E-state index in [4.69, 9.17) is 14.2 Å². The van der Waals surface area contributed by atoms with Gasteiger partial charge in [0.15, 0.2) is 6.29 Å². The summed E-state index contributed by atoms with van der Waals surface area (Å²) < 4.78 is 16.1. The molecule has 21 heavy (non-hydrogen) atoms. The Labute approximate surface area is 122 Å². The Balaban J connectivity index is 2.08. The van der Waals surface area contributed by atoms with E-state index in [0.29, 0.717) is 0 Å². The molecule has 8 heteroatoms. The van der Waals surface area contributed by atoms with Gasteiger partial charge < -0.3 is 39.7 Å². The highest BCUT2D eigenvalue weighted by atomic mass is 16.7. The fourth-order valence-corrected chi connectivity index (χ4v) is 2.68. The maximum absolute atomic E-state index is 10.1. The summed E-state index contributed by atoms with van der Waals surface area (Å²) in [4.78, 5) is 0. The van der Waals surface area contributed by atoms with E-state index in [-0.39, 0.29) is 0 Å². The van der Waals surface area contributed by atoms with E-state index in [1.807, 2.05) is 0 Å². The van der Waals surface area contributed by atoms with Crippen molar-refractivity contribution in [2.24, 2.45) is 0 Å². The minimum Gasteiger partial charge on any atom is -0.388 e. The first-order valence-corrected chi connectivity index (χ1v) is 7.10. The van der Waals surface area contributed by atoms with Crippen LogP contribution in [0.25, 0.3) is 0 Å². The van der Waals surface area contributed by atoms with Crippen molar-refractivity contribution >= 4 is 0 Å². The summed E-state index contributed by atoms with van der Waals surface area (Å²) in [5, 5.41) is 49.4. The molecule has 0 radical (unpaired) electrons. The van der Waals surface area contributed by atoms with Gasteiger partial charge >= 0.3 is 0 Å². The summed E-state index contributed by atoms with van der Waals surface area (Å²) in [6.45, 7) is 4.81. The van der Waals surface area contributed by atoms with Crippen LogP contribution in [0.3, 0.4) is 0 Å². The van der Waals surface area contributed by atoms with Gasteiger partial charge in [-0.2, -0.15) is 0 Å². The number of aliphatic hydroxyl groups is 5. The lowest BCUT2D eigenvalue weighted by molar-refractivity contribution is -0.334. The largest absolute Gasteiger partial charge is 0.388 e. The molecule has 0 aromatic rings. The van der Waals surface area contributed by atoms with E-state index < -0.39 is 61.2 Å².